The predicted molar refractivity (Wildman–Crippen MR) is 100 cm³/mol. The highest BCUT2D eigenvalue weighted by atomic mass is 35.5. The van der Waals surface area contributed by atoms with Crippen LogP contribution in [0.5, 0.6) is 5.75 Å². The van der Waals surface area contributed by atoms with Crippen LogP contribution in [-0.4, -0.2) is 24.7 Å². The molecule has 0 aliphatic rings. The number of amides is 1. The van der Waals surface area contributed by atoms with E-state index in [0.717, 1.165) is 11.4 Å². The lowest BCUT2D eigenvalue weighted by Crippen LogP contribution is -2.45. The minimum Gasteiger partial charge on any atom is -0.495 e. The van der Waals surface area contributed by atoms with Crippen LogP contribution in [0.3, 0.4) is 0 Å². The molecule has 24 heavy (non-hydrogen) atoms. The molecule has 0 saturated heterocycles. The molecule has 6 nitrogen and oxygen atoms in total. The number of anilines is 2. The number of nitrogens with one attached hydrogen (secondary N) is 4. The smallest absolute Gasteiger partial charge is 0.257 e. The van der Waals surface area contributed by atoms with Crippen LogP contribution in [-0.2, 0) is 4.79 Å². The fourth-order valence-electron chi connectivity index (χ4n) is 1.83. The quantitative estimate of drug-likeness (QED) is 0.483. The maximum Gasteiger partial charge on any atom is 0.257 e. The Hall–Kier alpha value is -2.51. The highest BCUT2D eigenvalue weighted by Crippen LogP contribution is 2.22. The van der Waals surface area contributed by atoms with E-state index < -0.39 is 0 Å². The minimum absolute atomic E-state index is 0.0664. The van der Waals surface area contributed by atoms with Gasteiger partial charge in [-0.15, -0.1) is 0 Å². The van der Waals surface area contributed by atoms with E-state index in [2.05, 4.69) is 21.5 Å². The maximum absolute atomic E-state index is 11.8. The molecule has 0 aliphatic heterocycles. The van der Waals surface area contributed by atoms with Gasteiger partial charge in [-0.3, -0.25) is 15.6 Å². The van der Waals surface area contributed by atoms with Gasteiger partial charge in [-0.25, -0.2) is 0 Å². The summed E-state index contributed by atoms with van der Waals surface area (Å²) < 4.78 is 5.20. The molecular weight excluding hydrogens is 348 g/mol. The van der Waals surface area contributed by atoms with E-state index in [1.165, 1.54) is 0 Å². The first-order valence-corrected chi connectivity index (χ1v) is 7.85. The Bertz CT molecular complexity index is 709. The number of thiocarbonyl (C=S) groups is 1. The van der Waals surface area contributed by atoms with Crippen LogP contribution in [0.15, 0.2) is 48.5 Å². The highest BCUT2D eigenvalue weighted by molar-refractivity contribution is 7.80. The fourth-order valence-corrected chi connectivity index (χ4v) is 2.13. The predicted octanol–water partition coefficient (Wildman–Crippen LogP) is 2.78. The number of hydrogen-bond acceptors (Lipinski definition) is 4. The molecule has 0 saturated carbocycles. The van der Waals surface area contributed by atoms with Crippen LogP contribution in [0.25, 0.3) is 0 Å². The minimum atomic E-state index is -0.277. The summed E-state index contributed by atoms with van der Waals surface area (Å²) in [6.07, 6.45) is 0. The summed E-state index contributed by atoms with van der Waals surface area (Å²) in [7, 11) is 1.57. The van der Waals surface area contributed by atoms with Crippen LogP contribution in [0.2, 0.25) is 5.02 Å². The van der Waals surface area contributed by atoms with Gasteiger partial charge in [0.1, 0.15) is 5.75 Å². The Morgan fingerprint density at radius 3 is 2.54 bits per heavy atom. The topological polar surface area (TPSA) is 74.4 Å². The lowest BCUT2D eigenvalue weighted by atomic mass is 10.3. The fraction of sp³-hybridized carbons (Fsp3) is 0.125. The molecule has 0 aromatic heterocycles. The number of para-hydroxylation sites is 2. The molecule has 0 unspecified atom stereocenters. The van der Waals surface area contributed by atoms with Gasteiger partial charge < -0.3 is 15.4 Å². The second kappa shape index (κ2) is 8.95. The first-order valence-electron chi connectivity index (χ1n) is 7.07. The van der Waals surface area contributed by atoms with Crippen LogP contribution < -0.4 is 26.2 Å². The standard InChI is InChI=1S/C16H17ClN4O2S/c1-23-14-5-3-2-4-13(14)18-10-15(22)20-21-16(24)19-12-8-6-11(17)7-9-12/h2-9,18H,10H2,1H3,(H,20,22)(H2,19,21,24). The van der Waals surface area contributed by atoms with Crippen molar-refractivity contribution in [2.45, 2.75) is 0 Å². The Labute approximate surface area is 150 Å². The second-order valence-electron chi connectivity index (χ2n) is 4.69. The molecule has 0 aliphatic carbocycles. The summed E-state index contributed by atoms with van der Waals surface area (Å²) in [6.45, 7) is 0.0664. The van der Waals surface area contributed by atoms with Gasteiger partial charge in [0.2, 0.25) is 0 Å². The van der Waals surface area contributed by atoms with Crippen molar-refractivity contribution in [2.75, 3.05) is 24.3 Å². The third kappa shape index (κ3) is 5.60. The number of ether oxygens (including phenoxy) is 1. The summed E-state index contributed by atoms with van der Waals surface area (Å²) in [5, 5.41) is 6.81. The molecule has 8 heteroatoms. The number of rotatable bonds is 5. The number of halogens is 1. The molecule has 0 radical (unpaired) electrons. The van der Waals surface area contributed by atoms with Gasteiger partial charge >= 0.3 is 0 Å². The van der Waals surface area contributed by atoms with Crippen molar-refractivity contribution in [3.8, 4) is 5.75 Å². The van der Waals surface area contributed by atoms with Gasteiger partial charge in [-0.05, 0) is 48.6 Å². The van der Waals surface area contributed by atoms with E-state index in [1.807, 2.05) is 24.3 Å². The van der Waals surface area contributed by atoms with Crippen molar-refractivity contribution in [2.24, 2.45) is 0 Å². The van der Waals surface area contributed by atoms with E-state index in [9.17, 15) is 4.79 Å². The first-order chi connectivity index (χ1) is 11.6. The molecule has 0 heterocycles. The largest absolute Gasteiger partial charge is 0.495 e. The Kier molecular flexibility index (Phi) is 6.65. The molecule has 2 aromatic rings. The Morgan fingerprint density at radius 2 is 1.83 bits per heavy atom. The summed E-state index contributed by atoms with van der Waals surface area (Å²) in [5.41, 5.74) is 6.62. The number of hydrazine groups is 1. The van der Waals surface area contributed by atoms with Gasteiger partial charge in [0.15, 0.2) is 5.11 Å². The Morgan fingerprint density at radius 1 is 1.12 bits per heavy atom. The Balaban J connectivity index is 1.74. The second-order valence-corrected chi connectivity index (χ2v) is 5.53. The van der Waals surface area contributed by atoms with Crippen molar-refractivity contribution < 1.29 is 9.53 Å². The maximum atomic E-state index is 11.8. The normalized spacial score (nSPS) is 9.75. The van der Waals surface area contributed by atoms with E-state index in [0.29, 0.717) is 10.8 Å². The van der Waals surface area contributed by atoms with E-state index in [4.69, 9.17) is 28.6 Å². The molecule has 2 aromatic carbocycles. The van der Waals surface area contributed by atoms with E-state index in [1.54, 1.807) is 31.4 Å². The summed E-state index contributed by atoms with van der Waals surface area (Å²) in [4.78, 5) is 11.8. The average Bonchev–Trinajstić information content (AvgIpc) is 2.60. The van der Waals surface area contributed by atoms with Crippen molar-refractivity contribution in [3.05, 3.63) is 53.6 Å². The zero-order valence-corrected chi connectivity index (χ0v) is 14.5. The van der Waals surface area contributed by atoms with Gasteiger partial charge in [-0.1, -0.05) is 23.7 Å². The summed E-state index contributed by atoms with van der Waals surface area (Å²) >= 11 is 10.9. The number of carbonyl (C=O) groups is 1. The van der Waals surface area contributed by atoms with Gasteiger partial charge in [0.25, 0.3) is 5.91 Å². The molecule has 0 atom stereocenters. The summed E-state index contributed by atoms with van der Waals surface area (Å²) in [5.74, 6) is 0.388. The third-order valence-corrected chi connectivity index (χ3v) is 3.42. The zero-order chi connectivity index (χ0) is 17.4. The van der Waals surface area contributed by atoms with Crippen molar-refractivity contribution in [3.63, 3.8) is 0 Å². The summed E-state index contributed by atoms with van der Waals surface area (Å²) in [6, 6.07) is 14.4. The number of benzene rings is 2. The van der Waals surface area contributed by atoms with Gasteiger partial charge in [0, 0.05) is 10.7 Å². The van der Waals surface area contributed by atoms with E-state index in [-0.39, 0.29) is 17.6 Å². The molecule has 126 valence electrons. The molecule has 0 bridgehead atoms. The number of hydrogen-bond donors (Lipinski definition) is 4. The van der Waals surface area contributed by atoms with Crippen LogP contribution in [0, 0.1) is 0 Å². The van der Waals surface area contributed by atoms with Crippen LogP contribution in [0.4, 0.5) is 11.4 Å². The average molecular weight is 365 g/mol. The SMILES string of the molecule is COc1ccccc1NCC(=O)NNC(=S)Nc1ccc(Cl)cc1. The first kappa shape index (κ1) is 17.8. The molecule has 1 amide bonds. The number of methoxy groups -OCH3 is 1. The molecule has 0 spiro atoms. The van der Waals surface area contributed by atoms with Crippen molar-refractivity contribution in [1.29, 1.82) is 0 Å². The molecule has 2 rings (SSSR count). The van der Waals surface area contributed by atoms with Crippen LogP contribution in [0.1, 0.15) is 0 Å². The van der Waals surface area contributed by atoms with Gasteiger partial charge in [-0.2, -0.15) is 0 Å². The van der Waals surface area contributed by atoms with Gasteiger partial charge in [0.05, 0.1) is 19.3 Å². The lowest BCUT2D eigenvalue weighted by Gasteiger charge is -2.13. The van der Waals surface area contributed by atoms with E-state index >= 15 is 0 Å². The monoisotopic (exact) mass is 364 g/mol. The number of carbonyl (C=O) groups excluding carboxylic acids is 1. The van der Waals surface area contributed by atoms with Crippen molar-refractivity contribution in [1.82, 2.24) is 10.9 Å². The highest BCUT2D eigenvalue weighted by Gasteiger charge is 2.05. The molecule has 0 fully saturated rings. The molecule has 4 N–H and O–H groups in total. The van der Waals surface area contributed by atoms with Crippen molar-refractivity contribution >= 4 is 46.2 Å². The zero-order valence-electron chi connectivity index (χ0n) is 12.9. The lowest BCUT2D eigenvalue weighted by molar-refractivity contribution is -0.119. The van der Waals surface area contributed by atoms with Crippen LogP contribution >= 0.6 is 23.8 Å². The molecular formula is C16H17ClN4O2S. The third-order valence-electron chi connectivity index (χ3n) is 2.96.